The highest BCUT2D eigenvalue weighted by atomic mass is 16.5. The van der Waals surface area contributed by atoms with Crippen molar-refractivity contribution in [1.82, 2.24) is 0 Å². The van der Waals surface area contributed by atoms with Crippen molar-refractivity contribution in [2.24, 2.45) is 5.41 Å². The van der Waals surface area contributed by atoms with Gasteiger partial charge in [-0.2, -0.15) is 0 Å². The molecule has 0 saturated heterocycles. The van der Waals surface area contributed by atoms with Crippen molar-refractivity contribution in [3.8, 4) is 0 Å². The number of nitrogens with one attached hydrogen (secondary N) is 2. The van der Waals surface area contributed by atoms with Crippen molar-refractivity contribution in [1.29, 1.82) is 0 Å². The Morgan fingerprint density at radius 1 is 1.33 bits per heavy atom. The van der Waals surface area contributed by atoms with Crippen LogP contribution >= 0.6 is 0 Å². The lowest BCUT2D eigenvalue weighted by molar-refractivity contribution is -0.115. The molecule has 1 amide bonds. The molecule has 1 aliphatic carbocycles. The van der Waals surface area contributed by atoms with Crippen molar-refractivity contribution >= 4 is 17.3 Å². The lowest BCUT2D eigenvalue weighted by Crippen LogP contribution is -2.58. The third kappa shape index (κ3) is 3.56. The average Bonchev–Trinajstić information content (AvgIpc) is 2.46. The first-order valence-corrected chi connectivity index (χ1v) is 7.75. The van der Waals surface area contributed by atoms with Crippen LogP contribution in [0.5, 0.6) is 0 Å². The number of amides is 1. The number of hydrogen-bond donors (Lipinski definition) is 2. The predicted molar refractivity (Wildman–Crippen MR) is 86.6 cm³/mol. The van der Waals surface area contributed by atoms with Gasteiger partial charge in [-0.1, -0.05) is 26.8 Å². The number of benzene rings is 1. The fraction of sp³-hybridized carbons (Fsp3) is 0.588. The molecule has 0 spiro atoms. The minimum absolute atomic E-state index is 0.0348. The Hall–Kier alpha value is -1.55. The van der Waals surface area contributed by atoms with E-state index >= 15 is 0 Å². The Morgan fingerprint density at radius 3 is 2.67 bits per heavy atom. The highest BCUT2D eigenvalue weighted by molar-refractivity contribution is 5.90. The van der Waals surface area contributed by atoms with Crippen LogP contribution < -0.4 is 10.6 Å². The second kappa shape index (κ2) is 6.48. The van der Waals surface area contributed by atoms with E-state index in [1.807, 2.05) is 38.1 Å². The van der Waals surface area contributed by atoms with Gasteiger partial charge in [0.1, 0.15) is 0 Å². The Balaban J connectivity index is 1.98. The van der Waals surface area contributed by atoms with Gasteiger partial charge in [0.25, 0.3) is 0 Å². The SMILES string of the molecule is CCOC1CC(Nc2cccc(NC(=O)CC)c2)C1(C)C. The maximum absolute atomic E-state index is 11.5. The second-order valence-electron chi connectivity index (χ2n) is 6.18. The summed E-state index contributed by atoms with van der Waals surface area (Å²) >= 11 is 0. The van der Waals surface area contributed by atoms with Crippen LogP contribution in [0.2, 0.25) is 0 Å². The monoisotopic (exact) mass is 290 g/mol. The molecule has 1 saturated carbocycles. The summed E-state index contributed by atoms with van der Waals surface area (Å²) in [5.41, 5.74) is 2.00. The molecule has 2 rings (SSSR count). The zero-order chi connectivity index (χ0) is 15.5. The molecule has 21 heavy (non-hydrogen) atoms. The minimum atomic E-state index is 0.0348. The Morgan fingerprint density at radius 2 is 2.05 bits per heavy atom. The van der Waals surface area contributed by atoms with E-state index < -0.39 is 0 Å². The Labute approximate surface area is 127 Å². The molecule has 1 aromatic rings. The van der Waals surface area contributed by atoms with E-state index in [2.05, 4.69) is 24.5 Å². The molecule has 116 valence electrons. The van der Waals surface area contributed by atoms with Gasteiger partial charge in [-0.15, -0.1) is 0 Å². The van der Waals surface area contributed by atoms with Gasteiger partial charge in [-0.3, -0.25) is 4.79 Å². The van der Waals surface area contributed by atoms with E-state index in [1.54, 1.807) is 0 Å². The number of carbonyl (C=O) groups is 1. The summed E-state index contributed by atoms with van der Waals surface area (Å²) in [6.07, 6.45) is 1.83. The summed E-state index contributed by atoms with van der Waals surface area (Å²) in [5, 5.41) is 6.44. The van der Waals surface area contributed by atoms with Gasteiger partial charge in [0, 0.05) is 35.9 Å². The molecule has 0 bridgehead atoms. The molecular weight excluding hydrogens is 264 g/mol. The van der Waals surface area contributed by atoms with Crippen LogP contribution in [0.15, 0.2) is 24.3 Å². The van der Waals surface area contributed by atoms with E-state index in [1.165, 1.54) is 0 Å². The summed E-state index contributed by atoms with van der Waals surface area (Å²) < 4.78 is 5.75. The normalized spacial score (nSPS) is 23.2. The van der Waals surface area contributed by atoms with Crippen molar-refractivity contribution < 1.29 is 9.53 Å². The zero-order valence-corrected chi connectivity index (χ0v) is 13.4. The molecule has 2 N–H and O–H groups in total. The van der Waals surface area contributed by atoms with Crippen molar-refractivity contribution in [2.75, 3.05) is 17.2 Å². The number of anilines is 2. The molecule has 1 aromatic carbocycles. The van der Waals surface area contributed by atoms with Gasteiger partial charge < -0.3 is 15.4 Å². The fourth-order valence-corrected chi connectivity index (χ4v) is 2.75. The van der Waals surface area contributed by atoms with Gasteiger partial charge in [0.2, 0.25) is 5.91 Å². The van der Waals surface area contributed by atoms with Gasteiger partial charge in [-0.05, 0) is 31.5 Å². The predicted octanol–water partition coefficient (Wildman–Crippen LogP) is 3.65. The summed E-state index contributed by atoms with van der Waals surface area (Å²) in [6, 6.07) is 8.28. The molecule has 4 nitrogen and oxygen atoms in total. The van der Waals surface area contributed by atoms with Crippen molar-refractivity contribution in [2.45, 2.75) is 52.7 Å². The maximum atomic E-state index is 11.5. The molecule has 1 aliphatic rings. The smallest absolute Gasteiger partial charge is 0.224 e. The topological polar surface area (TPSA) is 50.4 Å². The van der Waals surface area contributed by atoms with E-state index in [0.29, 0.717) is 18.6 Å². The van der Waals surface area contributed by atoms with Gasteiger partial charge in [-0.25, -0.2) is 0 Å². The summed E-state index contributed by atoms with van der Waals surface area (Å²) in [5.74, 6) is 0.0348. The second-order valence-corrected chi connectivity index (χ2v) is 6.18. The quantitative estimate of drug-likeness (QED) is 0.841. The Kier molecular flexibility index (Phi) is 4.88. The first kappa shape index (κ1) is 15.8. The molecule has 4 heteroatoms. The van der Waals surface area contributed by atoms with Crippen molar-refractivity contribution in [3.05, 3.63) is 24.3 Å². The minimum Gasteiger partial charge on any atom is -0.382 e. The fourth-order valence-electron chi connectivity index (χ4n) is 2.75. The standard InChI is InChI=1S/C17H26N2O2/c1-5-16(20)19-13-9-7-8-12(10-13)18-14-11-15(21-6-2)17(14,3)4/h7-10,14-15,18H,5-6,11H2,1-4H3,(H,19,20). The lowest BCUT2D eigenvalue weighted by atomic mass is 9.64. The summed E-state index contributed by atoms with van der Waals surface area (Å²) in [4.78, 5) is 11.5. The van der Waals surface area contributed by atoms with Crippen LogP contribution in [-0.4, -0.2) is 24.7 Å². The first-order chi connectivity index (χ1) is 9.97. The molecule has 2 unspecified atom stereocenters. The van der Waals surface area contributed by atoms with Crippen LogP contribution in [-0.2, 0) is 9.53 Å². The zero-order valence-electron chi connectivity index (χ0n) is 13.4. The highest BCUT2D eigenvalue weighted by Gasteiger charge is 2.48. The van der Waals surface area contributed by atoms with Crippen LogP contribution in [0.4, 0.5) is 11.4 Å². The molecule has 0 aromatic heterocycles. The number of hydrogen-bond acceptors (Lipinski definition) is 3. The lowest BCUT2D eigenvalue weighted by Gasteiger charge is -2.52. The third-order valence-corrected chi connectivity index (χ3v) is 4.35. The first-order valence-electron chi connectivity index (χ1n) is 7.75. The van der Waals surface area contributed by atoms with E-state index in [0.717, 1.165) is 24.4 Å². The molecule has 1 fully saturated rings. The molecule has 0 radical (unpaired) electrons. The van der Waals surface area contributed by atoms with Crippen LogP contribution in [0.25, 0.3) is 0 Å². The molecule has 0 heterocycles. The molecular formula is C17H26N2O2. The van der Waals surface area contributed by atoms with Crippen LogP contribution in [0.3, 0.4) is 0 Å². The van der Waals surface area contributed by atoms with E-state index in [-0.39, 0.29) is 11.3 Å². The number of rotatable bonds is 6. The highest BCUT2D eigenvalue weighted by Crippen LogP contribution is 2.44. The van der Waals surface area contributed by atoms with Crippen LogP contribution in [0, 0.1) is 5.41 Å². The van der Waals surface area contributed by atoms with Gasteiger partial charge in [0.15, 0.2) is 0 Å². The summed E-state index contributed by atoms with van der Waals surface area (Å²) in [6.45, 7) is 9.12. The Bertz CT molecular complexity index is 499. The van der Waals surface area contributed by atoms with Gasteiger partial charge >= 0.3 is 0 Å². The third-order valence-electron chi connectivity index (χ3n) is 4.35. The van der Waals surface area contributed by atoms with E-state index in [9.17, 15) is 4.79 Å². The summed E-state index contributed by atoms with van der Waals surface area (Å²) in [7, 11) is 0. The van der Waals surface area contributed by atoms with Gasteiger partial charge in [0.05, 0.1) is 6.10 Å². The van der Waals surface area contributed by atoms with E-state index in [4.69, 9.17) is 4.74 Å². The average molecular weight is 290 g/mol. The molecule has 0 aliphatic heterocycles. The maximum Gasteiger partial charge on any atom is 0.224 e. The largest absolute Gasteiger partial charge is 0.382 e. The molecule has 2 atom stereocenters. The number of ether oxygens (including phenoxy) is 1. The van der Waals surface area contributed by atoms with Crippen LogP contribution in [0.1, 0.15) is 40.5 Å². The number of carbonyl (C=O) groups excluding carboxylic acids is 1. The van der Waals surface area contributed by atoms with Crippen molar-refractivity contribution in [3.63, 3.8) is 0 Å².